The largest absolute Gasteiger partial charge is 0.326 e. The van der Waals surface area contributed by atoms with Gasteiger partial charge in [0.25, 0.3) is 5.91 Å². The predicted octanol–water partition coefficient (Wildman–Crippen LogP) is 7.19. The van der Waals surface area contributed by atoms with Gasteiger partial charge >= 0.3 is 0 Å². The van der Waals surface area contributed by atoms with E-state index in [0.717, 1.165) is 24.3 Å². The molecule has 0 saturated heterocycles. The highest BCUT2D eigenvalue weighted by atomic mass is 35.5. The van der Waals surface area contributed by atoms with Crippen molar-refractivity contribution in [3.63, 3.8) is 0 Å². The van der Waals surface area contributed by atoms with Crippen molar-refractivity contribution in [1.82, 2.24) is 0 Å². The summed E-state index contributed by atoms with van der Waals surface area (Å²) in [4.78, 5) is 25.4. The Bertz CT molecular complexity index is 1300. The average Bonchev–Trinajstić information content (AvgIpc) is 3.36. The average molecular weight is 548 g/mol. The Balaban J connectivity index is 1.54. The normalized spacial score (nSPS) is 18.3. The number of rotatable bonds is 5. The van der Waals surface area contributed by atoms with Crippen LogP contribution in [-0.2, 0) is 4.79 Å². The molecule has 4 rings (SSSR count). The molecule has 0 spiro atoms. The minimum Gasteiger partial charge on any atom is -0.326 e. The summed E-state index contributed by atoms with van der Waals surface area (Å²) in [5.74, 6) is -5.15. The zero-order chi connectivity index (χ0) is 24.8. The first kappa shape index (κ1) is 24.7. The quantitative estimate of drug-likeness (QED) is 0.332. The molecule has 3 aromatic rings. The molecule has 2 N–H and O–H groups in total. The van der Waals surface area contributed by atoms with Crippen LogP contribution in [0.15, 0.2) is 54.6 Å². The van der Waals surface area contributed by atoms with Crippen molar-refractivity contribution in [2.24, 2.45) is 5.92 Å². The van der Waals surface area contributed by atoms with Gasteiger partial charge in [0.15, 0.2) is 0 Å². The summed E-state index contributed by atoms with van der Waals surface area (Å²) in [5.41, 5.74) is 0.383. The van der Waals surface area contributed by atoms with Crippen LogP contribution in [0.2, 0.25) is 10.0 Å². The van der Waals surface area contributed by atoms with E-state index in [2.05, 4.69) is 10.6 Å². The molecule has 1 aliphatic carbocycles. The van der Waals surface area contributed by atoms with E-state index in [1.54, 1.807) is 0 Å². The van der Waals surface area contributed by atoms with E-state index in [4.69, 9.17) is 46.4 Å². The van der Waals surface area contributed by atoms with E-state index in [1.165, 1.54) is 30.3 Å². The van der Waals surface area contributed by atoms with Crippen molar-refractivity contribution in [2.75, 3.05) is 10.6 Å². The van der Waals surface area contributed by atoms with Crippen molar-refractivity contribution in [3.05, 3.63) is 93.2 Å². The molecular formula is C23H13Cl4F3N2O2. The number of carbonyl (C=O) groups excluding carboxylic acids is 2. The lowest BCUT2D eigenvalue weighted by Crippen LogP contribution is -2.19. The van der Waals surface area contributed by atoms with Crippen molar-refractivity contribution in [3.8, 4) is 0 Å². The van der Waals surface area contributed by atoms with Crippen LogP contribution >= 0.6 is 46.4 Å². The number of hydrogen-bond donors (Lipinski definition) is 2. The molecule has 2 unspecified atom stereocenters. The lowest BCUT2D eigenvalue weighted by atomic mass is 10.1. The van der Waals surface area contributed by atoms with Crippen LogP contribution in [0.25, 0.3) is 0 Å². The third kappa shape index (κ3) is 4.84. The number of alkyl halides is 2. The molecule has 34 heavy (non-hydrogen) atoms. The number of halogens is 7. The monoisotopic (exact) mass is 546 g/mol. The summed E-state index contributed by atoms with van der Waals surface area (Å²) >= 11 is 24.3. The van der Waals surface area contributed by atoms with Gasteiger partial charge in [-0.2, -0.15) is 0 Å². The highest BCUT2D eigenvalue weighted by Crippen LogP contribution is 2.65. The highest BCUT2D eigenvalue weighted by Gasteiger charge is 2.67. The Morgan fingerprint density at radius 3 is 2.15 bits per heavy atom. The smallest absolute Gasteiger partial charge is 0.257 e. The van der Waals surface area contributed by atoms with Crippen molar-refractivity contribution >= 4 is 69.6 Å². The molecule has 1 fully saturated rings. The molecule has 2 atom stereocenters. The van der Waals surface area contributed by atoms with Gasteiger partial charge in [-0.3, -0.25) is 9.59 Å². The Hall–Kier alpha value is -2.45. The van der Waals surface area contributed by atoms with Gasteiger partial charge in [-0.15, -0.1) is 23.2 Å². The standard InChI is InChI=1S/C23H13Cl4F3N2O2/c24-15-7-10(1-6-16(15)29)18-19(23(18,26)27)22(34)32-13-8-14(20(25)17(30)9-13)21(33)31-12-4-2-11(28)3-5-12/h1-9,18-19H,(H,31,33)(H,32,34). The van der Waals surface area contributed by atoms with Gasteiger partial charge < -0.3 is 10.6 Å². The van der Waals surface area contributed by atoms with E-state index >= 15 is 0 Å². The Morgan fingerprint density at radius 2 is 1.50 bits per heavy atom. The minimum absolute atomic E-state index is 0.0666. The van der Waals surface area contributed by atoms with Gasteiger partial charge in [-0.25, -0.2) is 13.2 Å². The van der Waals surface area contributed by atoms with Crippen LogP contribution in [0, 0.1) is 23.4 Å². The molecule has 176 valence electrons. The summed E-state index contributed by atoms with van der Waals surface area (Å²) in [6, 6.07) is 10.9. The van der Waals surface area contributed by atoms with Crippen LogP contribution in [-0.4, -0.2) is 16.1 Å². The van der Waals surface area contributed by atoms with Gasteiger partial charge in [-0.1, -0.05) is 29.3 Å². The van der Waals surface area contributed by atoms with Gasteiger partial charge in [0.1, 0.15) is 21.8 Å². The molecule has 0 radical (unpaired) electrons. The van der Waals surface area contributed by atoms with E-state index < -0.39 is 50.5 Å². The lowest BCUT2D eigenvalue weighted by Gasteiger charge is -2.11. The summed E-state index contributed by atoms with van der Waals surface area (Å²) in [6.45, 7) is 0. The third-order valence-corrected chi connectivity index (χ3v) is 6.90. The molecule has 0 aromatic heterocycles. The number of amides is 2. The van der Waals surface area contributed by atoms with Crippen LogP contribution in [0.4, 0.5) is 24.5 Å². The van der Waals surface area contributed by atoms with Crippen molar-refractivity contribution in [2.45, 2.75) is 10.3 Å². The van der Waals surface area contributed by atoms with Crippen LogP contribution in [0.1, 0.15) is 21.8 Å². The molecular weight excluding hydrogens is 535 g/mol. The van der Waals surface area contributed by atoms with Gasteiger partial charge in [0, 0.05) is 17.3 Å². The van der Waals surface area contributed by atoms with Gasteiger partial charge in [0.2, 0.25) is 5.91 Å². The fourth-order valence-electron chi connectivity index (χ4n) is 3.55. The fraction of sp³-hybridized carbons (Fsp3) is 0.130. The van der Waals surface area contributed by atoms with Gasteiger partial charge in [0.05, 0.1) is 21.5 Å². The van der Waals surface area contributed by atoms with Crippen molar-refractivity contribution < 1.29 is 22.8 Å². The molecule has 4 nitrogen and oxygen atoms in total. The van der Waals surface area contributed by atoms with E-state index in [9.17, 15) is 22.8 Å². The highest BCUT2D eigenvalue weighted by molar-refractivity contribution is 6.53. The number of nitrogens with one attached hydrogen (secondary N) is 2. The number of carbonyl (C=O) groups is 2. The molecule has 0 bridgehead atoms. The Kier molecular flexibility index (Phi) is 6.75. The first-order valence-electron chi connectivity index (χ1n) is 9.68. The molecule has 0 heterocycles. The second kappa shape index (κ2) is 9.30. The summed E-state index contributed by atoms with van der Waals surface area (Å²) < 4.78 is 39.5. The van der Waals surface area contributed by atoms with E-state index in [0.29, 0.717) is 5.56 Å². The SMILES string of the molecule is O=C(Nc1ccc(F)cc1)c1cc(NC(=O)C2C(c3ccc(F)c(Cl)c3)C2(Cl)Cl)cc(F)c1Cl. The fourth-order valence-corrected chi connectivity index (χ4v) is 4.76. The number of anilines is 2. The lowest BCUT2D eigenvalue weighted by molar-refractivity contribution is -0.117. The molecule has 3 aromatic carbocycles. The maximum atomic E-state index is 14.4. The molecule has 1 saturated carbocycles. The van der Waals surface area contributed by atoms with E-state index in [-0.39, 0.29) is 22.0 Å². The third-order valence-electron chi connectivity index (χ3n) is 5.28. The predicted molar refractivity (Wildman–Crippen MR) is 126 cm³/mol. The zero-order valence-corrected chi connectivity index (χ0v) is 19.8. The Labute approximate surface area is 211 Å². The Morgan fingerprint density at radius 1 is 0.824 bits per heavy atom. The van der Waals surface area contributed by atoms with Gasteiger partial charge in [-0.05, 0) is 54.1 Å². The molecule has 11 heteroatoms. The number of benzene rings is 3. The second-order valence-electron chi connectivity index (χ2n) is 7.57. The molecule has 1 aliphatic rings. The van der Waals surface area contributed by atoms with Crippen LogP contribution in [0.5, 0.6) is 0 Å². The molecule has 2 amide bonds. The van der Waals surface area contributed by atoms with E-state index in [1.807, 2.05) is 0 Å². The topological polar surface area (TPSA) is 58.2 Å². The first-order valence-corrected chi connectivity index (χ1v) is 11.2. The van der Waals surface area contributed by atoms with Crippen LogP contribution in [0.3, 0.4) is 0 Å². The summed E-state index contributed by atoms with van der Waals surface area (Å²) in [5, 5.41) is 4.33. The first-order chi connectivity index (χ1) is 16.0. The minimum atomic E-state index is -1.50. The van der Waals surface area contributed by atoms with Crippen molar-refractivity contribution in [1.29, 1.82) is 0 Å². The number of hydrogen-bond acceptors (Lipinski definition) is 2. The maximum absolute atomic E-state index is 14.4. The summed E-state index contributed by atoms with van der Waals surface area (Å²) in [7, 11) is 0. The molecule has 0 aliphatic heterocycles. The zero-order valence-electron chi connectivity index (χ0n) is 16.8. The van der Waals surface area contributed by atoms with Crippen LogP contribution < -0.4 is 10.6 Å². The second-order valence-corrected chi connectivity index (χ2v) is 9.80. The summed E-state index contributed by atoms with van der Waals surface area (Å²) in [6.07, 6.45) is 0. The maximum Gasteiger partial charge on any atom is 0.257 e.